The summed E-state index contributed by atoms with van der Waals surface area (Å²) in [5, 5.41) is 18.4. The minimum absolute atomic E-state index is 0.113. The molecule has 2 aromatic carbocycles. The summed E-state index contributed by atoms with van der Waals surface area (Å²) in [5.74, 6) is 0.268. The second-order valence-electron chi connectivity index (χ2n) is 5.59. The van der Waals surface area contributed by atoms with Crippen LogP contribution in [0.3, 0.4) is 0 Å². The van der Waals surface area contributed by atoms with Crippen LogP contribution in [0.1, 0.15) is 5.56 Å². The maximum absolute atomic E-state index is 13.0. The van der Waals surface area contributed by atoms with E-state index in [1.54, 1.807) is 28.9 Å². The van der Waals surface area contributed by atoms with Crippen molar-refractivity contribution in [3.05, 3.63) is 60.0 Å². The number of phenolic OH excluding ortho intramolecular Hbond substituents is 1. The third-order valence-corrected chi connectivity index (χ3v) is 4.80. The minimum Gasteiger partial charge on any atom is -0.504 e. The number of halogens is 1. The second kappa shape index (κ2) is 6.64. The van der Waals surface area contributed by atoms with Gasteiger partial charge in [0.05, 0.1) is 19.0 Å². The van der Waals surface area contributed by atoms with E-state index in [9.17, 15) is 9.50 Å². The van der Waals surface area contributed by atoms with Crippen molar-refractivity contribution in [2.24, 2.45) is 0 Å². The van der Waals surface area contributed by atoms with E-state index in [1.807, 2.05) is 12.1 Å². The number of ether oxygens (including phenoxy) is 1. The van der Waals surface area contributed by atoms with Crippen molar-refractivity contribution in [3.8, 4) is 22.8 Å². The van der Waals surface area contributed by atoms with Crippen molar-refractivity contribution >= 4 is 21.4 Å². The number of phenols is 1. The highest BCUT2D eigenvalue weighted by Gasteiger charge is 2.11. The lowest BCUT2D eigenvalue weighted by Gasteiger charge is -2.08. The Balaban J connectivity index is 1.52. The van der Waals surface area contributed by atoms with Gasteiger partial charge in [-0.1, -0.05) is 23.5 Å². The molecule has 0 aliphatic carbocycles. The number of hydrogen-bond acceptors (Lipinski definition) is 6. The Labute approximate surface area is 152 Å². The molecule has 26 heavy (non-hydrogen) atoms. The Morgan fingerprint density at radius 1 is 1.23 bits per heavy atom. The molecule has 0 saturated carbocycles. The number of aromatic nitrogens is 3. The fourth-order valence-electron chi connectivity index (χ4n) is 2.58. The number of rotatable bonds is 5. The molecule has 0 aliphatic heterocycles. The number of aromatic hydroxyl groups is 1. The van der Waals surface area contributed by atoms with Crippen molar-refractivity contribution in [2.75, 3.05) is 12.4 Å². The van der Waals surface area contributed by atoms with Crippen molar-refractivity contribution in [2.45, 2.75) is 6.54 Å². The van der Waals surface area contributed by atoms with Gasteiger partial charge in [-0.15, -0.1) is 5.10 Å². The Morgan fingerprint density at radius 3 is 2.77 bits per heavy atom. The molecular weight excluding hydrogens is 355 g/mol. The van der Waals surface area contributed by atoms with Crippen LogP contribution in [-0.4, -0.2) is 26.8 Å². The van der Waals surface area contributed by atoms with E-state index in [0.29, 0.717) is 23.0 Å². The summed E-state index contributed by atoms with van der Waals surface area (Å²) in [7, 11) is 1.51. The molecular formula is C18H15FN4O2S. The van der Waals surface area contributed by atoms with Crippen LogP contribution in [0.25, 0.3) is 16.2 Å². The molecule has 0 saturated heterocycles. The number of methoxy groups -OCH3 is 1. The molecule has 8 heteroatoms. The third kappa shape index (κ3) is 3.06. The summed E-state index contributed by atoms with van der Waals surface area (Å²) in [6.07, 6.45) is 1.80. The highest BCUT2D eigenvalue weighted by molar-refractivity contribution is 7.20. The van der Waals surface area contributed by atoms with Gasteiger partial charge in [0.15, 0.2) is 11.5 Å². The molecule has 4 rings (SSSR count). The topological polar surface area (TPSA) is 71.7 Å². The molecule has 2 N–H and O–H groups in total. The monoisotopic (exact) mass is 370 g/mol. The smallest absolute Gasteiger partial charge is 0.214 e. The summed E-state index contributed by atoms with van der Waals surface area (Å²) in [6, 6.07) is 11.5. The number of nitrogens with zero attached hydrogens (tertiary/aromatic N) is 3. The van der Waals surface area contributed by atoms with E-state index in [1.165, 1.54) is 30.6 Å². The molecule has 0 fully saturated rings. The number of benzene rings is 2. The molecule has 0 bridgehead atoms. The zero-order chi connectivity index (χ0) is 18.1. The van der Waals surface area contributed by atoms with Crippen molar-refractivity contribution in [1.82, 2.24) is 14.6 Å². The SMILES string of the molecule is COc1cccc(CNc2nn3cc(-c4ccc(F)cc4)nc3s2)c1O. The van der Waals surface area contributed by atoms with Gasteiger partial charge in [0.2, 0.25) is 10.1 Å². The fourth-order valence-corrected chi connectivity index (χ4v) is 3.35. The zero-order valence-electron chi connectivity index (χ0n) is 13.8. The molecule has 0 unspecified atom stereocenters. The summed E-state index contributed by atoms with van der Waals surface area (Å²) in [4.78, 5) is 5.24. The second-order valence-corrected chi connectivity index (χ2v) is 6.54. The minimum atomic E-state index is -0.278. The Kier molecular flexibility index (Phi) is 4.18. The van der Waals surface area contributed by atoms with Crippen LogP contribution in [0.4, 0.5) is 9.52 Å². The van der Waals surface area contributed by atoms with Gasteiger partial charge in [0.1, 0.15) is 5.82 Å². The van der Waals surface area contributed by atoms with E-state index in [0.717, 1.165) is 16.2 Å². The molecule has 4 aromatic rings. The number of anilines is 1. The molecule has 132 valence electrons. The van der Waals surface area contributed by atoms with Gasteiger partial charge in [-0.2, -0.15) is 0 Å². The highest BCUT2D eigenvalue weighted by atomic mass is 32.1. The van der Waals surface area contributed by atoms with Crippen LogP contribution in [0.15, 0.2) is 48.7 Å². The Morgan fingerprint density at radius 2 is 2.04 bits per heavy atom. The van der Waals surface area contributed by atoms with Gasteiger partial charge in [-0.3, -0.25) is 0 Å². The molecule has 0 amide bonds. The largest absolute Gasteiger partial charge is 0.504 e. The lowest BCUT2D eigenvalue weighted by Crippen LogP contribution is -2.00. The molecule has 2 aromatic heterocycles. The summed E-state index contributed by atoms with van der Waals surface area (Å²) in [5.41, 5.74) is 2.28. The zero-order valence-corrected chi connectivity index (χ0v) is 14.6. The average molecular weight is 370 g/mol. The maximum atomic E-state index is 13.0. The number of hydrogen-bond donors (Lipinski definition) is 2. The van der Waals surface area contributed by atoms with Crippen LogP contribution in [-0.2, 0) is 6.54 Å². The third-order valence-electron chi connectivity index (χ3n) is 3.92. The number of imidazole rings is 1. The fraction of sp³-hybridized carbons (Fsp3) is 0.111. The molecule has 6 nitrogen and oxygen atoms in total. The van der Waals surface area contributed by atoms with Gasteiger partial charge < -0.3 is 15.2 Å². The van der Waals surface area contributed by atoms with E-state index in [2.05, 4.69) is 15.4 Å². The first kappa shape index (κ1) is 16.3. The van der Waals surface area contributed by atoms with Crippen LogP contribution in [0, 0.1) is 5.82 Å². The van der Waals surface area contributed by atoms with E-state index in [4.69, 9.17) is 4.74 Å². The molecule has 0 aliphatic rings. The average Bonchev–Trinajstić information content (AvgIpc) is 3.20. The van der Waals surface area contributed by atoms with Crippen LogP contribution in [0.5, 0.6) is 11.5 Å². The van der Waals surface area contributed by atoms with Crippen LogP contribution < -0.4 is 10.1 Å². The standard InChI is InChI=1S/C18H15FN4O2S/c1-25-15-4-2-3-12(16(15)24)9-20-17-22-23-10-14(21-18(23)26-17)11-5-7-13(19)8-6-11/h2-8,10,24H,9H2,1H3,(H,20,22). The number of nitrogens with one attached hydrogen (secondary N) is 1. The predicted molar refractivity (Wildman–Crippen MR) is 98.2 cm³/mol. The van der Waals surface area contributed by atoms with Crippen molar-refractivity contribution < 1.29 is 14.2 Å². The van der Waals surface area contributed by atoms with Gasteiger partial charge in [0.25, 0.3) is 0 Å². The summed E-state index contributed by atoms with van der Waals surface area (Å²) < 4.78 is 19.8. The van der Waals surface area contributed by atoms with Gasteiger partial charge >= 0.3 is 0 Å². The van der Waals surface area contributed by atoms with E-state index >= 15 is 0 Å². The lowest BCUT2D eigenvalue weighted by atomic mass is 10.2. The Hall–Kier alpha value is -3.13. The van der Waals surface area contributed by atoms with Crippen molar-refractivity contribution in [1.29, 1.82) is 0 Å². The first-order valence-electron chi connectivity index (χ1n) is 7.85. The highest BCUT2D eigenvalue weighted by Crippen LogP contribution is 2.30. The van der Waals surface area contributed by atoms with Crippen LogP contribution >= 0.6 is 11.3 Å². The predicted octanol–water partition coefficient (Wildman–Crippen LogP) is 3.92. The van der Waals surface area contributed by atoms with E-state index in [-0.39, 0.29) is 11.6 Å². The van der Waals surface area contributed by atoms with Crippen molar-refractivity contribution in [3.63, 3.8) is 0 Å². The number of para-hydroxylation sites is 1. The summed E-state index contributed by atoms with van der Waals surface area (Å²) in [6.45, 7) is 0.407. The molecule has 0 atom stereocenters. The quantitative estimate of drug-likeness (QED) is 0.557. The van der Waals surface area contributed by atoms with Crippen LogP contribution in [0.2, 0.25) is 0 Å². The Bertz CT molecular complexity index is 1030. The van der Waals surface area contributed by atoms with Gasteiger partial charge in [-0.05, 0) is 30.3 Å². The number of fused-ring (bicyclic) bond motifs is 1. The molecule has 2 heterocycles. The first-order valence-corrected chi connectivity index (χ1v) is 8.66. The summed E-state index contributed by atoms with van der Waals surface area (Å²) >= 11 is 1.39. The van der Waals surface area contributed by atoms with Gasteiger partial charge in [-0.25, -0.2) is 13.9 Å². The first-order chi connectivity index (χ1) is 12.6. The molecule has 0 radical (unpaired) electrons. The lowest BCUT2D eigenvalue weighted by molar-refractivity contribution is 0.371. The normalized spacial score (nSPS) is 11.0. The van der Waals surface area contributed by atoms with Gasteiger partial charge in [0, 0.05) is 17.7 Å². The van der Waals surface area contributed by atoms with E-state index < -0.39 is 0 Å². The maximum Gasteiger partial charge on any atom is 0.214 e. The molecule has 0 spiro atoms.